The second-order valence-electron chi connectivity index (χ2n) is 6.23. The van der Waals surface area contributed by atoms with E-state index in [0.717, 1.165) is 38.4 Å². The van der Waals surface area contributed by atoms with Gasteiger partial charge in [-0.15, -0.1) is 0 Å². The number of likely N-dealkylation sites (tertiary alicyclic amines) is 1. The van der Waals surface area contributed by atoms with Gasteiger partial charge in [-0.2, -0.15) is 0 Å². The van der Waals surface area contributed by atoms with Gasteiger partial charge in [0.05, 0.1) is 12.1 Å². The fourth-order valence-corrected chi connectivity index (χ4v) is 2.83. The quantitative estimate of drug-likeness (QED) is 0.485. The lowest BCUT2D eigenvalue weighted by Crippen LogP contribution is -2.48. The van der Waals surface area contributed by atoms with Crippen molar-refractivity contribution in [3.8, 4) is 0 Å². The van der Waals surface area contributed by atoms with Crippen LogP contribution in [0.25, 0.3) is 0 Å². The zero-order valence-electron chi connectivity index (χ0n) is 14.3. The summed E-state index contributed by atoms with van der Waals surface area (Å²) >= 11 is 0. The van der Waals surface area contributed by atoms with Gasteiger partial charge in [0.15, 0.2) is 5.96 Å². The van der Waals surface area contributed by atoms with Crippen LogP contribution >= 0.6 is 0 Å². The third-order valence-corrected chi connectivity index (χ3v) is 4.48. The third-order valence-electron chi connectivity index (χ3n) is 4.48. The lowest BCUT2D eigenvalue weighted by molar-refractivity contribution is -0.119. The van der Waals surface area contributed by atoms with Gasteiger partial charge >= 0.3 is 0 Å². The summed E-state index contributed by atoms with van der Waals surface area (Å²) in [7, 11) is 0. The van der Waals surface area contributed by atoms with E-state index in [2.05, 4.69) is 15.2 Å². The topological polar surface area (TPSA) is 91.0 Å². The van der Waals surface area contributed by atoms with Gasteiger partial charge in [0.1, 0.15) is 0 Å². The highest BCUT2D eigenvalue weighted by Crippen LogP contribution is 2.20. The number of aliphatic hydroxyl groups is 1. The van der Waals surface area contributed by atoms with Crippen LogP contribution in [0.3, 0.4) is 0 Å². The van der Waals surface area contributed by atoms with E-state index in [9.17, 15) is 9.90 Å². The first kappa shape index (κ1) is 18.7. The van der Waals surface area contributed by atoms with Gasteiger partial charge < -0.3 is 21.1 Å². The molecular weight excluding hydrogens is 280 g/mol. The van der Waals surface area contributed by atoms with Crippen LogP contribution in [0.1, 0.15) is 52.9 Å². The van der Waals surface area contributed by atoms with Crippen molar-refractivity contribution in [2.75, 3.05) is 26.2 Å². The van der Waals surface area contributed by atoms with Crippen molar-refractivity contribution in [1.82, 2.24) is 10.2 Å². The number of nitrogens with zero attached hydrogens (tertiary/aromatic N) is 2. The fraction of sp³-hybridized carbons (Fsp3) is 0.875. The van der Waals surface area contributed by atoms with E-state index in [0.29, 0.717) is 31.7 Å². The largest absolute Gasteiger partial charge is 0.388 e. The molecule has 0 aromatic heterocycles. The number of nitrogens with two attached hydrogens (primary N) is 1. The molecule has 0 radical (unpaired) electrons. The van der Waals surface area contributed by atoms with E-state index < -0.39 is 5.60 Å². The molecule has 4 N–H and O–H groups in total. The molecule has 1 saturated heterocycles. The molecule has 1 heterocycles. The van der Waals surface area contributed by atoms with Gasteiger partial charge in [0.2, 0.25) is 5.91 Å². The Morgan fingerprint density at radius 1 is 1.41 bits per heavy atom. The molecule has 0 bridgehead atoms. The molecule has 1 aliphatic heterocycles. The lowest BCUT2D eigenvalue weighted by Gasteiger charge is -2.35. The lowest BCUT2D eigenvalue weighted by atomic mass is 9.94. The summed E-state index contributed by atoms with van der Waals surface area (Å²) in [6, 6.07) is 0. The number of nitrogens with one attached hydrogen (secondary N) is 1. The molecule has 1 amide bonds. The molecule has 6 nitrogen and oxygen atoms in total. The standard InChI is InChI=1S/C16H32N4O2/c1-4-16(22,5-2)12-19-15(18-6-3)20-9-7-8-13(11-20)10-14(17)21/h13,22H,4-12H2,1-3H3,(H2,17,21)(H,18,19). The molecule has 1 fully saturated rings. The second kappa shape index (κ2) is 8.98. The monoisotopic (exact) mass is 312 g/mol. The number of hydrogen-bond donors (Lipinski definition) is 3. The maximum absolute atomic E-state index is 11.1. The third kappa shape index (κ3) is 5.83. The average molecular weight is 312 g/mol. The van der Waals surface area contributed by atoms with Crippen molar-refractivity contribution in [1.29, 1.82) is 0 Å². The number of rotatable bonds is 7. The van der Waals surface area contributed by atoms with Crippen molar-refractivity contribution in [2.24, 2.45) is 16.6 Å². The van der Waals surface area contributed by atoms with E-state index in [4.69, 9.17) is 5.73 Å². The van der Waals surface area contributed by atoms with Gasteiger partial charge in [-0.25, -0.2) is 0 Å². The Bertz CT molecular complexity index is 380. The Balaban J connectivity index is 2.74. The first-order chi connectivity index (χ1) is 10.4. The van der Waals surface area contributed by atoms with E-state index in [-0.39, 0.29) is 5.91 Å². The van der Waals surface area contributed by atoms with Crippen LogP contribution in [0.4, 0.5) is 0 Å². The minimum atomic E-state index is -0.733. The van der Waals surface area contributed by atoms with Gasteiger partial charge in [-0.3, -0.25) is 9.79 Å². The van der Waals surface area contributed by atoms with Crippen LogP contribution in [-0.4, -0.2) is 53.7 Å². The van der Waals surface area contributed by atoms with Crippen LogP contribution < -0.4 is 11.1 Å². The number of carbonyl (C=O) groups excluding carboxylic acids is 1. The highest BCUT2D eigenvalue weighted by molar-refractivity contribution is 5.80. The number of piperidine rings is 1. The first-order valence-corrected chi connectivity index (χ1v) is 8.48. The number of hydrogen-bond acceptors (Lipinski definition) is 3. The summed E-state index contributed by atoms with van der Waals surface area (Å²) in [6.07, 6.45) is 3.89. The molecule has 22 heavy (non-hydrogen) atoms. The summed E-state index contributed by atoms with van der Waals surface area (Å²) < 4.78 is 0. The Labute approximate surface area is 134 Å². The normalized spacial score (nSPS) is 20.1. The summed E-state index contributed by atoms with van der Waals surface area (Å²) in [5.41, 5.74) is 4.59. The summed E-state index contributed by atoms with van der Waals surface area (Å²) in [5.74, 6) is 0.892. The number of carbonyl (C=O) groups is 1. The minimum absolute atomic E-state index is 0.236. The van der Waals surface area contributed by atoms with Crippen molar-refractivity contribution >= 4 is 11.9 Å². The average Bonchev–Trinajstić information content (AvgIpc) is 2.50. The van der Waals surface area contributed by atoms with Crippen LogP contribution in [0.2, 0.25) is 0 Å². The second-order valence-corrected chi connectivity index (χ2v) is 6.23. The van der Waals surface area contributed by atoms with E-state index >= 15 is 0 Å². The summed E-state index contributed by atoms with van der Waals surface area (Å²) in [4.78, 5) is 17.9. The van der Waals surface area contributed by atoms with Gasteiger partial charge in [-0.1, -0.05) is 13.8 Å². The molecule has 1 atom stereocenters. The number of primary amides is 1. The maximum atomic E-state index is 11.1. The van der Waals surface area contributed by atoms with Crippen LogP contribution in [0.5, 0.6) is 0 Å². The minimum Gasteiger partial charge on any atom is -0.388 e. The molecule has 1 unspecified atom stereocenters. The van der Waals surface area contributed by atoms with Crippen molar-refractivity contribution < 1.29 is 9.90 Å². The van der Waals surface area contributed by atoms with Crippen LogP contribution in [0, 0.1) is 5.92 Å². The van der Waals surface area contributed by atoms with E-state index in [1.54, 1.807) is 0 Å². The van der Waals surface area contributed by atoms with Crippen LogP contribution in [0.15, 0.2) is 4.99 Å². The highest BCUT2D eigenvalue weighted by Gasteiger charge is 2.25. The molecule has 0 saturated carbocycles. The molecule has 1 aliphatic rings. The van der Waals surface area contributed by atoms with Gasteiger partial charge in [-0.05, 0) is 38.5 Å². The number of aliphatic imine (C=N–C) groups is 1. The summed E-state index contributed by atoms with van der Waals surface area (Å²) in [5, 5.41) is 13.7. The number of amides is 1. The zero-order valence-corrected chi connectivity index (χ0v) is 14.3. The molecule has 0 aromatic rings. The molecule has 0 aliphatic carbocycles. The van der Waals surface area contributed by atoms with Gasteiger partial charge in [0.25, 0.3) is 0 Å². The highest BCUT2D eigenvalue weighted by atomic mass is 16.3. The van der Waals surface area contributed by atoms with Crippen molar-refractivity contribution in [2.45, 2.75) is 58.5 Å². The van der Waals surface area contributed by atoms with Gasteiger partial charge in [0, 0.05) is 26.1 Å². The first-order valence-electron chi connectivity index (χ1n) is 8.48. The molecule has 0 spiro atoms. The zero-order chi connectivity index (χ0) is 16.6. The van der Waals surface area contributed by atoms with Crippen molar-refractivity contribution in [3.63, 3.8) is 0 Å². The molecule has 0 aromatic carbocycles. The van der Waals surface area contributed by atoms with E-state index in [1.165, 1.54) is 0 Å². The summed E-state index contributed by atoms with van der Waals surface area (Å²) in [6.45, 7) is 8.91. The Kier molecular flexibility index (Phi) is 7.65. The van der Waals surface area contributed by atoms with Crippen molar-refractivity contribution in [3.05, 3.63) is 0 Å². The smallest absolute Gasteiger partial charge is 0.217 e. The van der Waals surface area contributed by atoms with E-state index in [1.807, 2.05) is 20.8 Å². The van der Waals surface area contributed by atoms with Crippen LogP contribution in [-0.2, 0) is 4.79 Å². The Hall–Kier alpha value is -1.30. The SMILES string of the molecule is CCNC(=NCC(O)(CC)CC)N1CCCC(CC(N)=O)C1. The number of guanidine groups is 1. The Morgan fingerprint density at radius 3 is 2.64 bits per heavy atom. The molecule has 6 heteroatoms. The predicted octanol–water partition coefficient (Wildman–Crippen LogP) is 1.09. The fourth-order valence-electron chi connectivity index (χ4n) is 2.83. The molecule has 128 valence electrons. The predicted molar refractivity (Wildman–Crippen MR) is 89.6 cm³/mol. The Morgan fingerprint density at radius 2 is 2.09 bits per heavy atom. The maximum Gasteiger partial charge on any atom is 0.217 e. The molecule has 1 rings (SSSR count). The molecular formula is C16H32N4O2.